The largest absolute Gasteiger partial charge is 0.508 e. The second-order valence-corrected chi connectivity index (χ2v) is 7.19. The smallest absolute Gasteiger partial charge is 0.115 e. The van der Waals surface area contributed by atoms with E-state index in [4.69, 9.17) is 5.10 Å². The van der Waals surface area contributed by atoms with E-state index >= 15 is 0 Å². The van der Waals surface area contributed by atoms with E-state index in [-0.39, 0.29) is 11.8 Å². The monoisotopic (exact) mass is 356 g/mol. The Morgan fingerprint density at radius 2 is 1.56 bits per heavy atom. The van der Waals surface area contributed by atoms with Crippen molar-refractivity contribution in [3.05, 3.63) is 72.3 Å². The molecule has 1 N–H and O–H groups in total. The van der Waals surface area contributed by atoms with E-state index in [2.05, 4.69) is 67.9 Å². The fraction of sp³-hybridized carbons (Fsp3) is 0.208. The molecule has 1 aromatic heterocycles. The van der Waals surface area contributed by atoms with Crippen LogP contribution in [-0.2, 0) is 6.42 Å². The molecule has 0 fully saturated rings. The van der Waals surface area contributed by atoms with Crippen LogP contribution in [0.3, 0.4) is 0 Å². The summed E-state index contributed by atoms with van der Waals surface area (Å²) >= 11 is 0. The van der Waals surface area contributed by atoms with E-state index in [9.17, 15) is 5.11 Å². The zero-order valence-electron chi connectivity index (χ0n) is 16.0. The Balaban J connectivity index is 1.97. The number of nitrogens with zero attached hydrogens (tertiary/aromatic N) is 2. The average molecular weight is 356 g/mol. The summed E-state index contributed by atoms with van der Waals surface area (Å²) < 4.78 is 2.11. The van der Waals surface area contributed by atoms with Gasteiger partial charge >= 0.3 is 0 Å². The van der Waals surface area contributed by atoms with E-state index in [1.165, 1.54) is 16.7 Å². The highest BCUT2D eigenvalue weighted by atomic mass is 16.3. The van der Waals surface area contributed by atoms with Gasteiger partial charge in [-0.05, 0) is 55.7 Å². The number of benzene rings is 3. The molecule has 0 unspecified atom stereocenters. The summed E-state index contributed by atoms with van der Waals surface area (Å²) in [5.41, 5.74) is 6.85. The second kappa shape index (κ2) is 6.92. The predicted molar refractivity (Wildman–Crippen MR) is 112 cm³/mol. The zero-order chi connectivity index (χ0) is 19.0. The minimum absolute atomic E-state index is 0.245. The Morgan fingerprint density at radius 1 is 0.889 bits per heavy atom. The van der Waals surface area contributed by atoms with Gasteiger partial charge in [-0.3, -0.25) is 4.68 Å². The summed E-state index contributed by atoms with van der Waals surface area (Å²) in [6, 6.07) is 22.7. The molecule has 0 aliphatic carbocycles. The van der Waals surface area contributed by atoms with Crippen LogP contribution in [0.15, 0.2) is 66.7 Å². The Bertz CT molecular complexity index is 1070. The number of fused-ring (bicyclic) bond motifs is 1. The van der Waals surface area contributed by atoms with Gasteiger partial charge < -0.3 is 5.11 Å². The molecule has 0 aliphatic rings. The molecule has 27 heavy (non-hydrogen) atoms. The van der Waals surface area contributed by atoms with E-state index in [0.717, 1.165) is 28.6 Å². The molecule has 0 aliphatic heterocycles. The van der Waals surface area contributed by atoms with Gasteiger partial charge in [0.05, 0.1) is 5.52 Å². The van der Waals surface area contributed by atoms with Crippen molar-refractivity contribution in [1.82, 2.24) is 9.78 Å². The molecule has 0 atom stereocenters. The van der Waals surface area contributed by atoms with E-state index in [1.54, 1.807) is 12.1 Å². The summed E-state index contributed by atoms with van der Waals surface area (Å²) in [6.07, 6.45) is 1.04. The first-order chi connectivity index (χ1) is 13.1. The van der Waals surface area contributed by atoms with Crippen LogP contribution in [0.2, 0.25) is 0 Å². The Kier molecular flexibility index (Phi) is 4.44. The molecule has 0 amide bonds. The topological polar surface area (TPSA) is 38.1 Å². The molecule has 4 aromatic rings. The van der Waals surface area contributed by atoms with Crippen LogP contribution >= 0.6 is 0 Å². The Hall–Kier alpha value is -3.07. The lowest BCUT2D eigenvalue weighted by Gasteiger charge is -2.11. The highest BCUT2D eigenvalue weighted by Crippen LogP contribution is 2.36. The predicted octanol–water partition coefficient (Wildman–Crippen LogP) is 6.22. The molecule has 136 valence electrons. The van der Waals surface area contributed by atoms with Crippen LogP contribution in [-0.4, -0.2) is 14.9 Å². The van der Waals surface area contributed by atoms with Crippen molar-refractivity contribution < 1.29 is 5.11 Å². The summed E-state index contributed by atoms with van der Waals surface area (Å²) in [4.78, 5) is 0. The first-order valence-electron chi connectivity index (χ1n) is 9.48. The van der Waals surface area contributed by atoms with Crippen molar-refractivity contribution in [1.29, 1.82) is 0 Å². The molecule has 1 heterocycles. The van der Waals surface area contributed by atoms with E-state index < -0.39 is 0 Å². The van der Waals surface area contributed by atoms with Gasteiger partial charge in [0.25, 0.3) is 0 Å². The van der Waals surface area contributed by atoms with Crippen molar-refractivity contribution in [2.45, 2.75) is 33.2 Å². The van der Waals surface area contributed by atoms with E-state index in [0.29, 0.717) is 0 Å². The van der Waals surface area contributed by atoms with Gasteiger partial charge in [-0.1, -0.05) is 49.4 Å². The fourth-order valence-corrected chi connectivity index (χ4v) is 3.55. The van der Waals surface area contributed by atoms with Gasteiger partial charge in [0.15, 0.2) is 0 Å². The lowest BCUT2D eigenvalue weighted by molar-refractivity contribution is 0.475. The highest BCUT2D eigenvalue weighted by Gasteiger charge is 2.17. The van der Waals surface area contributed by atoms with Crippen LogP contribution in [0.4, 0.5) is 0 Å². The molecule has 3 nitrogen and oxygen atoms in total. The number of aromatic nitrogens is 2. The molecule has 3 aromatic carbocycles. The summed E-state index contributed by atoms with van der Waals surface area (Å²) in [6.45, 7) is 6.49. The van der Waals surface area contributed by atoms with Crippen molar-refractivity contribution in [3.8, 4) is 28.1 Å². The number of aryl methyl sites for hydroxylation is 1. The van der Waals surface area contributed by atoms with Crippen molar-refractivity contribution in [3.63, 3.8) is 0 Å². The first-order valence-corrected chi connectivity index (χ1v) is 9.48. The number of phenolic OH excluding ortho intramolecular Hbond substituents is 1. The maximum Gasteiger partial charge on any atom is 0.115 e. The second-order valence-electron chi connectivity index (χ2n) is 7.19. The number of aromatic hydroxyl groups is 1. The van der Waals surface area contributed by atoms with Crippen LogP contribution in [0.1, 0.15) is 32.4 Å². The number of para-hydroxylation sites is 1. The minimum Gasteiger partial charge on any atom is -0.508 e. The summed E-state index contributed by atoms with van der Waals surface area (Å²) in [7, 11) is 0. The van der Waals surface area contributed by atoms with E-state index in [1.807, 2.05) is 12.1 Å². The SMILES string of the molecule is CCc1ccc(-c2cccc3c(-c4ccc(O)cc4)nn(C(C)C)c23)cc1. The highest BCUT2D eigenvalue weighted by molar-refractivity contribution is 6.01. The summed E-state index contributed by atoms with van der Waals surface area (Å²) in [5.74, 6) is 0.267. The number of hydrogen-bond acceptors (Lipinski definition) is 2. The van der Waals surface area contributed by atoms with Crippen molar-refractivity contribution >= 4 is 10.9 Å². The number of rotatable bonds is 4. The van der Waals surface area contributed by atoms with Crippen molar-refractivity contribution in [2.75, 3.05) is 0 Å². The Labute approximate surface area is 159 Å². The van der Waals surface area contributed by atoms with Crippen LogP contribution in [0.25, 0.3) is 33.3 Å². The normalized spacial score (nSPS) is 11.4. The molecule has 0 radical (unpaired) electrons. The van der Waals surface area contributed by atoms with Gasteiger partial charge in [0.1, 0.15) is 11.4 Å². The molecule has 0 saturated heterocycles. The third kappa shape index (κ3) is 3.10. The summed E-state index contributed by atoms with van der Waals surface area (Å²) in [5, 5.41) is 15.7. The maximum atomic E-state index is 9.62. The Morgan fingerprint density at radius 3 is 2.19 bits per heavy atom. The van der Waals surface area contributed by atoms with Gasteiger partial charge in [-0.15, -0.1) is 0 Å². The lowest BCUT2D eigenvalue weighted by Crippen LogP contribution is -2.03. The molecule has 0 saturated carbocycles. The van der Waals surface area contributed by atoms with Gasteiger partial charge in [-0.2, -0.15) is 5.10 Å². The molecule has 4 rings (SSSR count). The number of phenols is 1. The van der Waals surface area contributed by atoms with Gasteiger partial charge in [0, 0.05) is 22.6 Å². The van der Waals surface area contributed by atoms with Crippen LogP contribution < -0.4 is 0 Å². The lowest BCUT2D eigenvalue weighted by atomic mass is 9.99. The maximum absolute atomic E-state index is 9.62. The third-order valence-electron chi connectivity index (χ3n) is 5.03. The molecule has 0 spiro atoms. The number of hydrogen-bond donors (Lipinski definition) is 1. The zero-order valence-corrected chi connectivity index (χ0v) is 16.0. The standard InChI is InChI=1S/C24H24N2O/c1-4-17-8-10-18(11-9-17)21-6-5-7-22-23(19-12-14-20(27)15-13-19)25-26(16(2)3)24(21)22/h5-16,27H,4H2,1-3H3. The molecule has 3 heteroatoms. The quantitative estimate of drug-likeness (QED) is 0.471. The minimum atomic E-state index is 0.245. The average Bonchev–Trinajstić information content (AvgIpc) is 3.09. The van der Waals surface area contributed by atoms with Crippen LogP contribution in [0.5, 0.6) is 5.75 Å². The first kappa shape index (κ1) is 17.3. The van der Waals surface area contributed by atoms with Crippen LogP contribution in [0, 0.1) is 0 Å². The molecule has 0 bridgehead atoms. The molecular weight excluding hydrogens is 332 g/mol. The fourth-order valence-electron chi connectivity index (χ4n) is 3.55. The third-order valence-corrected chi connectivity index (χ3v) is 5.03. The van der Waals surface area contributed by atoms with Gasteiger partial charge in [-0.25, -0.2) is 0 Å². The van der Waals surface area contributed by atoms with Gasteiger partial charge in [0.2, 0.25) is 0 Å². The molecular formula is C24H24N2O. The van der Waals surface area contributed by atoms with Crippen molar-refractivity contribution in [2.24, 2.45) is 0 Å².